The van der Waals surface area contributed by atoms with Crippen LogP contribution in [-0.2, 0) is 4.57 Å². The summed E-state index contributed by atoms with van der Waals surface area (Å²) in [6.45, 7) is 0.658. The van der Waals surface area contributed by atoms with E-state index in [0.717, 1.165) is 0 Å². The standard InChI is InChI=1S/C7H14N3OP/c1-5-7-6-9(3)12(11,8-2)10(7)4/h1,7H,6H2,2-4H3,(H,8,11). The second kappa shape index (κ2) is 3.20. The number of rotatable bonds is 1. The molecule has 12 heavy (non-hydrogen) atoms. The Kier molecular flexibility index (Phi) is 2.60. The molecule has 0 aromatic rings. The van der Waals surface area contributed by atoms with Gasteiger partial charge in [0.15, 0.2) is 0 Å². The highest BCUT2D eigenvalue weighted by atomic mass is 31.2. The summed E-state index contributed by atoms with van der Waals surface area (Å²) in [6.07, 6.45) is 5.30. The van der Waals surface area contributed by atoms with E-state index < -0.39 is 7.59 Å². The second-order valence-electron chi connectivity index (χ2n) is 2.86. The van der Waals surface area contributed by atoms with Gasteiger partial charge in [-0.1, -0.05) is 5.92 Å². The zero-order valence-electron chi connectivity index (χ0n) is 7.61. The maximum Gasteiger partial charge on any atom is 0.284 e. The zero-order valence-corrected chi connectivity index (χ0v) is 8.51. The number of nitrogens with one attached hydrogen (secondary N) is 1. The van der Waals surface area contributed by atoms with Crippen LogP contribution in [0.3, 0.4) is 0 Å². The molecule has 1 aliphatic rings. The van der Waals surface area contributed by atoms with Gasteiger partial charge in [0.05, 0.1) is 6.04 Å². The van der Waals surface area contributed by atoms with Crippen LogP contribution in [0.25, 0.3) is 0 Å². The maximum atomic E-state index is 12.1. The average molecular weight is 187 g/mol. The average Bonchev–Trinajstić information content (AvgIpc) is 2.30. The molecule has 1 rings (SSSR count). The van der Waals surface area contributed by atoms with E-state index in [1.165, 1.54) is 0 Å². The Morgan fingerprint density at radius 3 is 2.50 bits per heavy atom. The van der Waals surface area contributed by atoms with Gasteiger partial charge in [-0.3, -0.25) is 4.57 Å². The fourth-order valence-corrected chi connectivity index (χ4v) is 3.43. The van der Waals surface area contributed by atoms with E-state index in [4.69, 9.17) is 6.42 Å². The minimum atomic E-state index is -2.53. The Balaban J connectivity index is 2.93. The summed E-state index contributed by atoms with van der Waals surface area (Å²) in [6, 6.07) is -0.0479. The molecule has 1 aliphatic heterocycles. The predicted octanol–water partition coefficient (Wildman–Crippen LogP) is 0.193. The summed E-state index contributed by atoms with van der Waals surface area (Å²) in [5.74, 6) is 2.61. The lowest BCUT2D eigenvalue weighted by Crippen LogP contribution is -2.26. The van der Waals surface area contributed by atoms with E-state index in [-0.39, 0.29) is 6.04 Å². The van der Waals surface area contributed by atoms with Crippen molar-refractivity contribution in [2.24, 2.45) is 0 Å². The van der Waals surface area contributed by atoms with Crippen molar-refractivity contribution in [2.75, 3.05) is 27.7 Å². The van der Waals surface area contributed by atoms with Crippen LogP contribution in [0.4, 0.5) is 0 Å². The largest absolute Gasteiger partial charge is 0.284 e. The van der Waals surface area contributed by atoms with Gasteiger partial charge >= 0.3 is 0 Å². The van der Waals surface area contributed by atoms with Crippen LogP contribution in [0, 0.1) is 12.3 Å². The molecule has 0 spiro atoms. The summed E-state index contributed by atoms with van der Waals surface area (Å²) >= 11 is 0. The van der Waals surface area contributed by atoms with Gasteiger partial charge in [-0.15, -0.1) is 6.42 Å². The summed E-state index contributed by atoms with van der Waals surface area (Å²) < 4.78 is 15.6. The van der Waals surface area contributed by atoms with Crippen LogP contribution < -0.4 is 5.09 Å². The topological polar surface area (TPSA) is 35.6 Å². The molecule has 2 unspecified atom stereocenters. The fraction of sp³-hybridized carbons (Fsp3) is 0.714. The number of nitrogens with zero attached hydrogens (tertiary/aromatic N) is 2. The second-order valence-corrected chi connectivity index (χ2v) is 5.71. The van der Waals surface area contributed by atoms with Gasteiger partial charge < -0.3 is 0 Å². The first-order valence-corrected chi connectivity index (χ1v) is 5.37. The molecule has 1 N–H and O–H groups in total. The predicted molar refractivity (Wildman–Crippen MR) is 49.7 cm³/mol. The SMILES string of the molecule is C#CC1CN(C)P(=O)(NC)N1C. The Hall–Kier alpha value is -0.330. The Bertz CT molecular complexity index is 260. The first-order valence-electron chi connectivity index (χ1n) is 3.76. The lowest BCUT2D eigenvalue weighted by molar-refractivity contribution is 0.462. The summed E-state index contributed by atoms with van der Waals surface area (Å²) in [5, 5.41) is 2.82. The summed E-state index contributed by atoms with van der Waals surface area (Å²) in [5.41, 5.74) is 0. The van der Waals surface area contributed by atoms with E-state index in [1.807, 2.05) is 7.05 Å². The summed E-state index contributed by atoms with van der Waals surface area (Å²) in [7, 11) is 2.75. The number of hydrogen-bond donors (Lipinski definition) is 1. The molecule has 0 radical (unpaired) electrons. The van der Waals surface area contributed by atoms with Gasteiger partial charge in [0.1, 0.15) is 0 Å². The van der Waals surface area contributed by atoms with Crippen molar-refractivity contribution < 1.29 is 4.57 Å². The molecular weight excluding hydrogens is 173 g/mol. The van der Waals surface area contributed by atoms with Gasteiger partial charge in [0.2, 0.25) is 0 Å². The minimum absolute atomic E-state index is 0.0479. The number of hydrogen-bond acceptors (Lipinski definition) is 1. The van der Waals surface area contributed by atoms with Crippen LogP contribution in [0.2, 0.25) is 0 Å². The molecule has 0 saturated carbocycles. The molecule has 1 heterocycles. The number of likely N-dealkylation sites (N-methyl/N-ethyl adjacent to an activating group) is 2. The molecule has 5 heteroatoms. The molecular formula is C7H14N3OP. The van der Waals surface area contributed by atoms with Gasteiger partial charge in [0, 0.05) is 6.54 Å². The third kappa shape index (κ3) is 1.19. The van der Waals surface area contributed by atoms with E-state index in [2.05, 4.69) is 11.0 Å². The van der Waals surface area contributed by atoms with Crippen LogP contribution in [0.5, 0.6) is 0 Å². The van der Waals surface area contributed by atoms with E-state index >= 15 is 0 Å². The molecule has 0 bridgehead atoms. The van der Waals surface area contributed by atoms with Crippen molar-refractivity contribution in [3.05, 3.63) is 0 Å². The third-order valence-corrected chi connectivity index (χ3v) is 5.07. The van der Waals surface area contributed by atoms with Gasteiger partial charge in [-0.05, 0) is 21.1 Å². The molecule has 1 fully saturated rings. The van der Waals surface area contributed by atoms with Crippen LogP contribution >= 0.6 is 7.59 Å². The highest BCUT2D eigenvalue weighted by Gasteiger charge is 2.42. The highest BCUT2D eigenvalue weighted by Crippen LogP contribution is 2.52. The van der Waals surface area contributed by atoms with Crippen LogP contribution in [0.15, 0.2) is 0 Å². The van der Waals surface area contributed by atoms with Crippen LogP contribution in [0.1, 0.15) is 0 Å². The number of terminal acetylenes is 1. The summed E-state index contributed by atoms with van der Waals surface area (Å²) in [4.78, 5) is 0. The van der Waals surface area contributed by atoms with Crippen molar-refractivity contribution >= 4 is 7.59 Å². The zero-order chi connectivity index (χ0) is 9.35. The van der Waals surface area contributed by atoms with Crippen molar-refractivity contribution in [1.82, 2.24) is 14.4 Å². The van der Waals surface area contributed by atoms with Crippen molar-refractivity contribution in [1.29, 1.82) is 0 Å². The lowest BCUT2D eigenvalue weighted by Gasteiger charge is -2.24. The lowest BCUT2D eigenvalue weighted by atomic mass is 10.3. The van der Waals surface area contributed by atoms with E-state index in [1.54, 1.807) is 23.4 Å². The van der Waals surface area contributed by atoms with Crippen molar-refractivity contribution in [3.8, 4) is 12.3 Å². The van der Waals surface area contributed by atoms with Gasteiger partial charge in [-0.25, -0.2) is 14.4 Å². The molecule has 0 amide bonds. The molecule has 1 saturated heterocycles. The van der Waals surface area contributed by atoms with Gasteiger partial charge in [0.25, 0.3) is 7.59 Å². The molecule has 0 aliphatic carbocycles. The smallest absolute Gasteiger partial charge is 0.270 e. The quantitative estimate of drug-likeness (QED) is 0.469. The van der Waals surface area contributed by atoms with Crippen molar-refractivity contribution in [3.63, 3.8) is 0 Å². The minimum Gasteiger partial charge on any atom is -0.270 e. The highest BCUT2D eigenvalue weighted by molar-refractivity contribution is 7.57. The molecule has 0 aromatic carbocycles. The Morgan fingerprint density at radius 2 is 2.25 bits per heavy atom. The monoisotopic (exact) mass is 187 g/mol. The van der Waals surface area contributed by atoms with Crippen molar-refractivity contribution in [2.45, 2.75) is 6.04 Å². The van der Waals surface area contributed by atoms with E-state index in [0.29, 0.717) is 6.54 Å². The Morgan fingerprint density at radius 1 is 1.67 bits per heavy atom. The molecule has 68 valence electrons. The maximum absolute atomic E-state index is 12.1. The Labute approximate surface area is 73.5 Å². The first-order chi connectivity index (χ1) is 5.56. The normalized spacial score (nSPS) is 38.3. The molecule has 0 aromatic heterocycles. The first kappa shape index (κ1) is 9.76. The molecule has 4 nitrogen and oxygen atoms in total. The van der Waals surface area contributed by atoms with Gasteiger partial charge in [-0.2, -0.15) is 0 Å². The van der Waals surface area contributed by atoms with Crippen LogP contribution in [-0.4, -0.2) is 43.1 Å². The van der Waals surface area contributed by atoms with E-state index in [9.17, 15) is 4.57 Å². The third-order valence-electron chi connectivity index (χ3n) is 2.26. The fourth-order valence-electron chi connectivity index (χ4n) is 1.40. The molecule has 2 atom stereocenters.